The highest BCUT2D eigenvalue weighted by molar-refractivity contribution is 8.00. The summed E-state index contributed by atoms with van der Waals surface area (Å²) in [6, 6.07) is 0. The lowest BCUT2D eigenvalue weighted by atomic mass is 9.90. The molecule has 1 atom stereocenters. The van der Waals surface area contributed by atoms with E-state index in [1.165, 1.54) is 6.42 Å². The number of nitrogens with one attached hydrogen (secondary N) is 2. The van der Waals surface area contributed by atoms with E-state index in [1.807, 2.05) is 11.8 Å². The van der Waals surface area contributed by atoms with Gasteiger partial charge in [0.25, 0.3) is 0 Å². The van der Waals surface area contributed by atoms with E-state index in [4.69, 9.17) is 0 Å². The van der Waals surface area contributed by atoms with Gasteiger partial charge >= 0.3 is 0 Å². The van der Waals surface area contributed by atoms with Crippen molar-refractivity contribution in [3.8, 4) is 0 Å². The zero-order valence-corrected chi connectivity index (χ0v) is 10.2. The van der Waals surface area contributed by atoms with Gasteiger partial charge in [-0.1, -0.05) is 0 Å². The molecule has 0 bridgehead atoms. The molecule has 2 saturated heterocycles. The Morgan fingerprint density at radius 3 is 2.80 bits per heavy atom. The molecule has 2 aliphatic rings. The van der Waals surface area contributed by atoms with Crippen molar-refractivity contribution in [3.63, 3.8) is 0 Å². The lowest BCUT2D eigenvalue weighted by Gasteiger charge is -2.35. The Morgan fingerprint density at radius 1 is 1.47 bits per heavy atom. The molecule has 0 aromatic rings. The normalized spacial score (nSPS) is 30.1. The lowest BCUT2D eigenvalue weighted by Crippen LogP contribution is -2.54. The van der Waals surface area contributed by atoms with Gasteiger partial charge in [-0.25, -0.2) is 0 Å². The summed E-state index contributed by atoms with van der Waals surface area (Å²) in [5.74, 6) is 1.41. The van der Waals surface area contributed by atoms with Crippen molar-refractivity contribution in [1.82, 2.24) is 10.6 Å². The Morgan fingerprint density at radius 2 is 2.20 bits per heavy atom. The van der Waals surface area contributed by atoms with Gasteiger partial charge in [0.1, 0.15) is 0 Å². The summed E-state index contributed by atoms with van der Waals surface area (Å²) < 4.78 is 0. The molecular weight excluding hydrogens is 208 g/mol. The van der Waals surface area contributed by atoms with E-state index in [2.05, 4.69) is 17.6 Å². The molecule has 0 radical (unpaired) electrons. The molecule has 4 heteroatoms. The van der Waals surface area contributed by atoms with E-state index in [0.717, 1.165) is 38.1 Å². The first-order valence-electron chi connectivity index (χ1n) is 5.84. The van der Waals surface area contributed by atoms with Crippen LogP contribution in [0.15, 0.2) is 0 Å². The van der Waals surface area contributed by atoms with Crippen LogP contribution in [0.1, 0.15) is 32.6 Å². The number of carbonyl (C=O) groups is 1. The van der Waals surface area contributed by atoms with E-state index >= 15 is 0 Å². The summed E-state index contributed by atoms with van der Waals surface area (Å²) in [7, 11) is 0. The van der Waals surface area contributed by atoms with Crippen LogP contribution in [-0.2, 0) is 4.79 Å². The van der Waals surface area contributed by atoms with Crippen LogP contribution in [0.25, 0.3) is 0 Å². The van der Waals surface area contributed by atoms with Crippen LogP contribution in [0.5, 0.6) is 0 Å². The Labute approximate surface area is 95.8 Å². The standard InChI is InChI=1S/C11H20N2OS/c1-11(4-6-12-7-5-11)13-10(14)9-3-2-8-15-9/h9,12H,2-8H2,1H3,(H,13,14). The van der Waals surface area contributed by atoms with Crippen molar-refractivity contribution in [2.75, 3.05) is 18.8 Å². The summed E-state index contributed by atoms with van der Waals surface area (Å²) in [6.45, 7) is 4.22. The van der Waals surface area contributed by atoms with Gasteiger partial charge in [-0.3, -0.25) is 4.79 Å². The molecular formula is C11H20N2OS. The van der Waals surface area contributed by atoms with Crippen molar-refractivity contribution in [2.24, 2.45) is 0 Å². The van der Waals surface area contributed by atoms with E-state index in [0.29, 0.717) is 0 Å². The van der Waals surface area contributed by atoms with Gasteiger partial charge in [0.2, 0.25) is 5.91 Å². The van der Waals surface area contributed by atoms with Crippen molar-refractivity contribution < 1.29 is 4.79 Å². The third kappa shape index (κ3) is 2.88. The second-order valence-electron chi connectivity index (χ2n) is 4.80. The van der Waals surface area contributed by atoms with E-state index in [1.54, 1.807) is 0 Å². The van der Waals surface area contributed by atoms with Gasteiger partial charge in [0.15, 0.2) is 0 Å². The molecule has 3 nitrogen and oxygen atoms in total. The minimum atomic E-state index is 0.0332. The van der Waals surface area contributed by atoms with Crippen LogP contribution >= 0.6 is 11.8 Å². The van der Waals surface area contributed by atoms with E-state index in [9.17, 15) is 4.79 Å². The summed E-state index contributed by atoms with van der Waals surface area (Å²) in [5.41, 5.74) is 0.0332. The van der Waals surface area contributed by atoms with Gasteiger partial charge in [0.05, 0.1) is 5.25 Å². The molecule has 2 heterocycles. The minimum Gasteiger partial charge on any atom is -0.350 e. The van der Waals surface area contributed by atoms with Crippen molar-refractivity contribution in [3.05, 3.63) is 0 Å². The average Bonchev–Trinajstić information content (AvgIpc) is 2.70. The number of amides is 1. The van der Waals surface area contributed by atoms with E-state index < -0.39 is 0 Å². The highest BCUT2D eigenvalue weighted by atomic mass is 32.2. The summed E-state index contributed by atoms with van der Waals surface area (Å²) in [6.07, 6.45) is 4.36. The maximum Gasteiger partial charge on any atom is 0.233 e. The van der Waals surface area contributed by atoms with Crippen LogP contribution in [0.4, 0.5) is 0 Å². The highest BCUT2D eigenvalue weighted by Crippen LogP contribution is 2.27. The fraction of sp³-hybridized carbons (Fsp3) is 0.909. The van der Waals surface area contributed by atoms with Gasteiger partial charge in [-0.05, 0) is 51.4 Å². The fourth-order valence-electron chi connectivity index (χ4n) is 2.27. The molecule has 2 aliphatic heterocycles. The molecule has 1 unspecified atom stereocenters. The first kappa shape index (κ1) is 11.3. The number of carbonyl (C=O) groups excluding carboxylic acids is 1. The van der Waals surface area contributed by atoms with Crippen LogP contribution in [0.3, 0.4) is 0 Å². The molecule has 0 spiro atoms. The predicted octanol–water partition coefficient (Wildman–Crippen LogP) is 1.14. The zero-order valence-electron chi connectivity index (χ0n) is 9.34. The average molecular weight is 228 g/mol. The monoisotopic (exact) mass is 228 g/mol. The predicted molar refractivity (Wildman–Crippen MR) is 64.1 cm³/mol. The van der Waals surface area contributed by atoms with Crippen LogP contribution in [0, 0.1) is 0 Å². The van der Waals surface area contributed by atoms with E-state index in [-0.39, 0.29) is 16.7 Å². The van der Waals surface area contributed by atoms with Gasteiger partial charge in [0, 0.05) is 5.54 Å². The second kappa shape index (κ2) is 4.74. The Kier molecular flexibility index (Phi) is 3.57. The third-order valence-corrected chi connectivity index (χ3v) is 4.73. The Bertz CT molecular complexity index is 233. The highest BCUT2D eigenvalue weighted by Gasteiger charge is 2.32. The molecule has 0 aliphatic carbocycles. The SMILES string of the molecule is CC1(NC(=O)C2CCCS2)CCNCC1. The van der Waals surface area contributed by atoms with Crippen LogP contribution in [0.2, 0.25) is 0 Å². The summed E-state index contributed by atoms with van der Waals surface area (Å²) >= 11 is 1.81. The van der Waals surface area contributed by atoms with Crippen LogP contribution in [-0.4, -0.2) is 35.5 Å². The number of hydrogen-bond acceptors (Lipinski definition) is 3. The summed E-state index contributed by atoms with van der Waals surface area (Å²) in [4.78, 5) is 12.0. The Hall–Kier alpha value is -0.220. The molecule has 1 amide bonds. The first-order valence-corrected chi connectivity index (χ1v) is 6.89. The molecule has 0 aromatic heterocycles. The van der Waals surface area contributed by atoms with Gasteiger partial charge < -0.3 is 10.6 Å². The number of rotatable bonds is 2. The zero-order chi connectivity index (χ0) is 10.7. The maximum absolute atomic E-state index is 12.0. The smallest absolute Gasteiger partial charge is 0.233 e. The first-order chi connectivity index (χ1) is 7.20. The molecule has 15 heavy (non-hydrogen) atoms. The molecule has 2 N–H and O–H groups in total. The number of piperidine rings is 1. The minimum absolute atomic E-state index is 0.0332. The largest absolute Gasteiger partial charge is 0.350 e. The van der Waals surface area contributed by atoms with Crippen molar-refractivity contribution in [1.29, 1.82) is 0 Å². The van der Waals surface area contributed by atoms with Crippen molar-refractivity contribution in [2.45, 2.75) is 43.4 Å². The van der Waals surface area contributed by atoms with Gasteiger partial charge in [-0.15, -0.1) is 11.8 Å². The fourth-order valence-corrected chi connectivity index (χ4v) is 3.43. The Balaban J connectivity index is 1.86. The topological polar surface area (TPSA) is 41.1 Å². The van der Waals surface area contributed by atoms with Crippen molar-refractivity contribution >= 4 is 17.7 Å². The quantitative estimate of drug-likeness (QED) is 0.745. The van der Waals surface area contributed by atoms with Gasteiger partial charge in [-0.2, -0.15) is 0 Å². The number of thioether (sulfide) groups is 1. The maximum atomic E-state index is 12.0. The third-order valence-electron chi connectivity index (χ3n) is 3.35. The molecule has 0 saturated carbocycles. The number of hydrogen-bond donors (Lipinski definition) is 2. The molecule has 86 valence electrons. The lowest BCUT2D eigenvalue weighted by molar-refractivity contribution is -0.122. The molecule has 2 rings (SSSR count). The molecule has 0 aromatic carbocycles. The van der Waals surface area contributed by atoms with Crippen LogP contribution < -0.4 is 10.6 Å². The second-order valence-corrected chi connectivity index (χ2v) is 6.11. The molecule has 2 fully saturated rings. The summed E-state index contributed by atoms with van der Waals surface area (Å²) in [5, 5.41) is 6.78.